The van der Waals surface area contributed by atoms with Gasteiger partial charge in [0.25, 0.3) is 5.91 Å². The van der Waals surface area contributed by atoms with Crippen LogP contribution in [-0.2, 0) is 4.79 Å². The Morgan fingerprint density at radius 1 is 0.795 bits per heavy atom. The average molecular weight is 549 g/mol. The molecule has 192 valence electrons. The van der Waals surface area contributed by atoms with Crippen molar-refractivity contribution >= 4 is 56.9 Å². The Hall–Kier alpha value is -4.30. The van der Waals surface area contributed by atoms with Crippen LogP contribution in [0.2, 0.25) is 0 Å². The second-order valence-corrected chi connectivity index (χ2v) is 13.0. The van der Waals surface area contributed by atoms with Crippen LogP contribution >= 0.6 is 18.6 Å². The largest absolute Gasteiger partial charge is 0.493 e. The van der Waals surface area contributed by atoms with E-state index in [1.54, 1.807) is 26.4 Å². The molecule has 5 nitrogen and oxygen atoms in total. The molecule has 0 radical (unpaired) electrons. The third kappa shape index (κ3) is 4.95. The van der Waals surface area contributed by atoms with Crippen molar-refractivity contribution in [3.05, 3.63) is 120 Å². The molecule has 1 amide bonds. The van der Waals surface area contributed by atoms with Gasteiger partial charge < -0.3 is 9.47 Å². The highest BCUT2D eigenvalue weighted by Gasteiger charge is 2.35. The molecule has 0 atom stereocenters. The number of carbonyl (C=O) groups is 1. The molecule has 1 heterocycles. The zero-order valence-corrected chi connectivity index (χ0v) is 23.2. The Balaban J connectivity index is 1.74. The van der Waals surface area contributed by atoms with E-state index in [1.807, 2.05) is 66.7 Å². The minimum absolute atomic E-state index is 0.371. The van der Waals surface area contributed by atoms with Crippen molar-refractivity contribution in [3.8, 4) is 17.6 Å². The van der Waals surface area contributed by atoms with E-state index in [0.29, 0.717) is 26.7 Å². The van der Waals surface area contributed by atoms with Crippen LogP contribution < -0.4 is 25.4 Å². The highest BCUT2D eigenvalue weighted by molar-refractivity contribution is 8.22. The van der Waals surface area contributed by atoms with E-state index in [0.717, 1.165) is 21.5 Å². The average Bonchev–Trinajstić information content (AvgIpc) is 3.36. The summed E-state index contributed by atoms with van der Waals surface area (Å²) < 4.78 is 10.8. The summed E-state index contributed by atoms with van der Waals surface area (Å²) in [4.78, 5) is 18.1. The van der Waals surface area contributed by atoms with Crippen molar-refractivity contribution in [1.29, 1.82) is 5.26 Å². The smallest absolute Gasteiger partial charge is 0.284 e. The first-order valence-corrected chi connectivity index (χ1v) is 14.8. The standard InChI is InChI=1S/C32H25N2O3PS/c1-36-27-19-18-23(20-28(27)37-2)21-30-31(35)34-32(39-30)29(22-33)38(24-12-6-3-7-13-24,25-14-8-4-9-15-25)26-16-10-5-11-17-26/h3-21H,1-2H3. The van der Waals surface area contributed by atoms with E-state index in [4.69, 9.17) is 9.47 Å². The lowest BCUT2D eigenvalue weighted by Gasteiger charge is -2.30. The van der Waals surface area contributed by atoms with Crippen LogP contribution in [-0.4, -0.2) is 30.5 Å². The number of carbonyl (C=O) groups excluding carboxylic acids is 1. The van der Waals surface area contributed by atoms with E-state index in [1.165, 1.54) is 11.8 Å². The van der Waals surface area contributed by atoms with Crippen LogP contribution in [0.1, 0.15) is 5.56 Å². The Morgan fingerprint density at radius 2 is 1.31 bits per heavy atom. The molecule has 4 aromatic rings. The normalized spacial score (nSPS) is 14.0. The topological polar surface area (TPSA) is 71.7 Å². The van der Waals surface area contributed by atoms with E-state index in [9.17, 15) is 10.1 Å². The molecule has 0 spiro atoms. The number of nitrogens with zero attached hydrogens (tertiary/aromatic N) is 2. The summed E-state index contributed by atoms with van der Waals surface area (Å²) in [5.41, 5.74) is 0.772. The fraction of sp³-hybridized carbons (Fsp3) is 0.0625. The molecule has 1 aliphatic rings. The number of nitriles is 1. The van der Waals surface area contributed by atoms with Crippen molar-refractivity contribution in [3.63, 3.8) is 0 Å². The molecule has 0 saturated carbocycles. The van der Waals surface area contributed by atoms with Crippen molar-refractivity contribution in [2.75, 3.05) is 14.2 Å². The van der Waals surface area contributed by atoms with E-state index >= 15 is 0 Å². The molecule has 0 unspecified atom stereocenters. The van der Waals surface area contributed by atoms with Crippen LogP contribution in [0.25, 0.3) is 6.08 Å². The molecule has 39 heavy (non-hydrogen) atoms. The maximum Gasteiger partial charge on any atom is 0.284 e. The number of ether oxygens (including phenoxy) is 2. The molecule has 0 aliphatic carbocycles. The molecule has 0 N–H and O–H groups in total. The van der Waals surface area contributed by atoms with Gasteiger partial charge in [-0.2, -0.15) is 5.26 Å². The predicted octanol–water partition coefficient (Wildman–Crippen LogP) is 5.41. The molecular formula is C32H25N2O3PS. The molecule has 5 rings (SSSR count). The molecular weight excluding hydrogens is 523 g/mol. The number of hydrogen-bond acceptors (Lipinski definition) is 5. The third-order valence-electron chi connectivity index (χ3n) is 6.40. The van der Waals surface area contributed by atoms with Crippen LogP contribution in [0.4, 0.5) is 0 Å². The monoisotopic (exact) mass is 548 g/mol. The quantitative estimate of drug-likeness (QED) is 0.228. The van der Waals surface area contributed by atoms with Crippen molar-refractivity contribution in [2.24, 2.45) is 4.99 Å². The van der Waals surface area contributed by atoms with Crippen LogP contribution in [0.3, 0.4) is 0 Å². The van der Waals surface area contributed by atoms with Crippen LogP contribution in [0.5, 0.6) is 11.5 Å². The maximum absolute atomic E-state index is 13.2. The summed E-state index contributed by atoms with van der Waals surface area (Å²) in [6.07, 6.45) is 1.77. The second kappa shape index (κ2) is 11.6. The number of methoxy groups -OCH3 is 2. The Morgan fingerprint density at radius 3 is 1.77 bits per heavy atom. The van der Waals surface area contributed by atoms with Gasteiger partial charge in [-0.05, 0) is 46.6 Å². The lowest BCUT2D eigenvalue weighted by Crippen LogP contribution is -2.32. The van der Waals surface area contributed by atoms with Gasteiger partial charge >= 0.3 is 0 Å². The third-order valence-corrected chi connectivity index (χ3v) is 11.8. The first-order chi connectivity index (χ1) is 19.1. The number of amides is 1. The molecule has 4 aromatic carbocycles. The van der Waals surface area contributed by atoms with Gasteiger partial charge in [0, 0.05) is 0 Å². The zero-order chi connectivity index (χ0) is 27.2. The van der Waals surface area contributed by atoms with Crippen LogP contribution in [0.15, 0.2) is 119 Å². The van der Waals surface area contributed by atoms with Gasteiger partial charge in [-0.15, -0.1) is 0 Å². The number of hydrogen-bond donors (Lipinski definition) is 0. The van der Waals surface area contributed by atoms with Gasteiger partial charge in [-0.25, -0.2) is 4.99 Å². The molecule has 0 bridgehead atoms. The number of aliphatic imine (C=N–C) groups is 1. The zero-order valence-electron chi connectivity index (χ0n) is 21.4. The van der Waals surface area contributed by atoms with E-state index in [-0.39, 0.29) is 5.91 Å². The fourth-order valence-corrected chi connectivity index (χ4v) is 10.0. The lowest BCUT2D eigenvalue weighted by atomic mass is 10.2. The first kappa shape index (κ1) is 26.3. The highest BCUT2D eigenvalue weighted by atomic mass is 32.2. The van der Waals surface area contributed by atoms with Crippen molar-refractivity contribution < 1.29 is 14.3 Å². The number of rotatable bonds is 7. The van der Waals surface area contributed by atoms with E-state index < -0.39 is 6.89 Å². The molecule has 0 saturated heterocycles. The Labute approximate surface area is 232 Å². The summed E-state index contributed by atoms with van der Waals surface area (Å²) in [5.74, 6) is 0.796. The van der Waals surface area contributed by atoms with Gasteiger partial charge in [0.05, 0.1) is 24.4 Å². The van der Waals surface area contributed by atoms with Gasteiger partial charge in [0.15, 0.2) is 11.5 Å². The maximum atomic E-state index is 13.2. The SMILES string of the molecule is COc1ccc(C=C2SC(C(C#N)=P(c3ccccc3)(c3ccccc3)c3ccccc3)=NC2=O)cc1OC. The summed E-state index contributed by atoms with van der Waals surface area (Å²) in [6, 6.07) is 38.2. The van der Waals surface area contributed by atoms with Gasteiger partial charge in [0.1, 0.15) is 11.1 Å². The predicted molar refractivity (Wildman–Crippen MR) is 163 cm³/mol. The fourth-order valence-electron chi connectivity index (χ4n) is 4.66. The lowest BCUT2D eigenvalue weighted by molar-refractivity contribution is -0.113. The summed E-state index contributed by atoms with van der Waals surface area (Å²) in [7, 11) is 3.15. The van der Waals surface area contributed by atoms with Gasteiger partial charge in [-0.1, -0.05) is 109 Å². The number of benzene rings is 4. The van der Waals surface area contributed by atoms with Crippen molar-refractivity contribution in [1.82, 2.24) is 0 Å². The molecule has 7 heteroatoms. The molecule has 1 aliphatic heterocycles. The van der Waals surface area contributed by atoms with Crippen LogP contribution in [0, 0.1) is 11.3 Å². The highest BCUT2D eigenvalue weighted by Crippen LogP contribution is 2.48. The van der Waals surface area contributed by atoms with Crippen molar-refractivity contribution in [2.45, 2.75) is 0 Å². The minimum atomic E-state index is -2.68. The Kier molecular flexibility index (Phi) is 7.84. The summed E-state index contributed by atoms with van der Waals surface area (Å²) >= 11 is 1.24. The summed E-state index contributed by atoms with van der Waals surface area (Å²) in [5, 5.41) is 14.8. The second-order valence-electron chi connectivity index (χ2n) is 8.59. The van der Waals surface area contributed by atoms with E-state index in [2.05, 4.69) is 47.5 Å². The Bertz CT molecular complexity index is 1570. The minimum Gasteiger partial charge on any atom is -0.493 e. The molecule has 0 aromatic heterocycles. The molecule has 0 fully saturated rings. The number of thioether (sulfide) groups is 1. The van der Waals surface area contributed by atoms with Gasteiger partial charge in [0.2, 0.25) is 0 Å². The summed E-state index contributed by atoms with van der Waals surface area (Å²) in [6.45, 7) is -2.68. The first-order valence-electron chi connectivity index (χ1n) is 12.2. The van der Waals surface area contributed by atoms with Gasteiger partial charge in [-0.3, -0.25) is 4.79 Å².